The highest BCUT2D eigenvalue weighted by atomic mass is 79.9. The van der Waals surface area contributed by atoms with Crippen LogP contribution in [-0.4, -0.2) is 6.61 Å². The third kappa shape index (κ3) is 2.95. The van der Waals surface area contributed by atoms with Crippen LogP contribution in [0.25, 0.3) is 0 Å². The number of benzene rings is 1. The van der Waals surface area contributed by atoms with Gasteiger partial charge in [-0.2, -0.15) is 0 Å². The maximum absolute atomic E-state index is 5.90. The van der Waals surface area contributed by atoms with Crippen molar-refractivity contribution in [2.75, 3.05) is 6.61 Å². The fraction of sp³-hybridized carbons (Fsp3) is 0.500. The molecule has 0 saturated heterocycles. The highest BCUT2D eigenvalue weighted by molar-refractivity contribution is 9.10. The first-order chi connectivity index (χ1) is 7.16. The Balaban J connectivity index is 2.12. The molecule has 0 spiro atoms. The Hall–Kier alpha value is -0.540. The zero-order valence-electron chi connectivity index (χ0n) is 8.87. The van der Waals surface area contributed by atoms with Gasteiger partial charge in [0.2, 0.25) is 0 Å². The Morgan fingerprint density at radius 1 is 1.53 bits per heavy atom. The fourth-order valence-corrected chi connectivity index (χ4v) is 1.88. The van der Waals surface area contributed by atoms with Gasteiger partial charge in [0.25, 0.3) is 0 Å². The lowest BCUT2D eigenvalue weighted by molar-refractivity contribution is 0.295. The van der Waals surface area contributed by atoms with E-state index in [1.807, 2.05) is 25.1 Å². The van der Waals surface area contributed by atoms with E-state index < -0.39 is 0 Å². The van der Waals surface area contributed by atoms with Gasteiger partial charge >= 0.3 is 0 Å². The molecule has 0 aliphatic heterocycles. The Kier molecular flexibility index (Phi) is 3.32. The number of hydrogen-bond acceptors (Lipinski definition) is 2. The first-order valence-corrected chi connectivity index (χ1v) is 6.14. The van der Waals surface area contributed by atoms with Gasteiger partial charge < -0.3 is 10.5 Å². The monoisotopic (exact) mass is 269 g/mol. The molecule has 2 rings (SSSR count). The van der Waals surface area contributed by atoms with Crippen molar-refractivity contribution < 1.29 is 4.74 Å². The van der Waals surface area contributed by atoms with Crippen LogP contribution >= 0.6 is 15.9 Å². The molecule has 0 radical (unpaired) electrons. The van der Waals surface area contributed by atoms with E-state index in [1.54, 1.807) is 0 Å². The lowest BCUT2D eigenvalue weighted by Gasteiger charge is -2.14. The summed E-state index contributed by atoms with van der Waals surface area (Å²) < 4.78 is 6.83. The first kappa shape index (κ1) is 11.0. The Labute approximate surface area is 98.9 Å². The summed E-state index contributed by atoms with van der Waals surface area (Å²) in [5.74, 6) is 1.70. The number of rotatable bonds is 4. The predicted octanol–water partition coefficient (Wildman–Crippen LogP) is 3.26. The molecule has 2 N–H and O–H groups in total. The minimum atomic E-state index is 0.0108. The maximum Gasteiger partial charge on any atom is 0.124 e. The normalized spacial score (nSPS) is 17.5. The van der Waals surface area contributed by atoms with Gasteiger partial charge in [-0.3, -0.25) is 0 Å². The van der Waals surface area contributed by atoms with Crippen molar-refractivity contribution in [2.24, 2.45) is 11.7 Å². The van der Waals surface area contributed by atoms with Gasteiger partial charge in [-0.1, -0.05) is 15.9 Å². The molecule has 0 heterocycles. The summed E-state index contributed by atoms with van der Waals surface area (Å²) in [6.45, 7) is 2.81. The van der Waals surface area contributed by atoms with Crippen LogP contribution in [0.3, 0.4) is 0 Å². The van der Waals surface area contributed by atoms with Crippen molar-refractivity contribution in [3.63, 3.8) is 0 Å². The van der Waals surface area contributed by atoms with Gasteiger partial charge in [0, 0.05) is 16.1 Å². The predicted molar refractivity (Wildman–Crippen MR) is 65.0 cm³/mol. The molecule has 0 bridgehead atoms. The summed E-state index contributed by atoms with van der Waals surface area (Å²) in [6, 6.07) is 6.03. The van der Waals surface area contributed by atoms with Crippen LogP contribution in [0, 0.1) is 5.92 Å². The van der Waals surface area contributed by atoms with Crippen LogP contribution in [0.1, 0.15) is 31.4 Å². The average Bonchev–Trinajstić information content (AvgIpc) is 2.99. The fourth-order valence-electron chi connectivity index (χ4n) is 1.50. The second-order valence-electron chi connectivity index (χ2n) is 4.23. The minimum Gasteiger partial charge on any atom is -0.493 e. The molecule has 1 atom stereocenters. The van der Waals surface area contributed by atoms with Crippen LogP contribution in [0.15, 0.2) is 22.7 Å². The van der Waals surface area contributed by atoms with Gasteiger partial charge in [-0.25, -0.2) is 0 Å². The summed E-state index contributed by atoms with van der Waals surface area (Å²) in [5, 5.41) is 0. The third-order valence-electron chi connectivity index (χ3n) is 2.63. The molecule has 1 aliphatic carbocycles. The molecule has 2 nitrogen and oxygen atoms in total. The second kappa shape index (κ2) is 4.54. The smallest absolute Gasteiger partial charge is 0.124 e. The minimum absolute atomic E-state index is 0.0108. The van der Waals surface area contributed by atoms with E-state index in [2.05, 4.69) is 15.9 Å². The molecule has 1 unspecified atom stereocenters. The van der Waals surface area contributed by atoms with E-state index >= 15 is 0 Å². The molecule has 82 valence electrons. The molecular weight excluding hydrogens is 254 g/mol. The van der Waals surface area contributed by atoms with Gasteiger partial charge in [0.1, 0.15) is 5.75 Å². The van der Waals surface area contributed by atoms with Crippen molar-refractivity contribution in [2.45, 2.75) is 25.8 Å². The van der Waals surface area contributed by atoms with Crippen LogP contribution in [0.4, 0.5) is 0 Å². The Bertz CT molecular complexity index is 347. The molecule has 1 aromatic carbocycles. The van der Waals surface area contributed by atoms with Crippen LogP contribution in [0.2, 0.25) is 0 Å². The molecule has 1 aromatic rings. The molecule has 1 saturated carbocycles. The lowest BCUT2D eigenvalue weighted by atomic mass is 10.1. The SMILES string of the molecule is CC(N)c1cc(Br)ccc1OCC1CC1. The van der Waals surface area contributed by atoms with E-state index in [1.165, 1.54) is 12.8 Å². The molecular formula is C12H16BrNO. The van der Waals surface area contributed by atoms with E-state index in [9.17, 15) is 0 Å². The summed E-state index contributed by atoms with van der Waals surface area (Å²) in [5.41, 5.74) is 6.98. The van der Waals surface area contributed by atoms with Crippen LogP contribution < -0.4 is 10.5 Å². The summed E-state index contributed by atoms with van der Waals surface area (Å²) in [7, 11) is 0. The molecule has 1 fully saturated rings. The molecule has 0 amide bonds. The van der Waals surface area contributed by atoms with E-state index in [0.717, 1.165) is 28.3 Å². The summed E-state index contributed by atoms with van der Waals surface area (Å²) in [6.07, 6.45) is 2.62. The highest BCUT2D eigenvalue weighted by Gasteiger charge is 2.22. The second-order valence-corrected chi connectivity index (χ2v) is 5.14. The zero-order valence-corrected chi connectivity index (χ0v) is 10.5. The van der Waals surface area contributed by atoms with Crippen molar-refractivity contribution >= 4 is 15.9 Å². The van der Waals surface area contributed by atoms with E-state index in [0.29, 0.717) is 0 Å². The Morgan fingerprint density at radius 3 is 2.87 bits per heavy atom. The molecule has 15 heavy (non-hydrogen) atoms. The van der Waals surface area contributed by atoms with Crippen LogP contribution in [0.5, 0.6) is 5.75 Å². The zero-order chi connectivity index (χ0) is 10.8. The summed E-state index contributed by atoms with van der Waals surface area (Å²) >= 11 is 3.45. The first-order valence-electron chi connectivity index (χ1n) is 5.34. The standard InChI is InChI=1S/C12H16BrNO/c1-8(14)11-6-10(13)4-5-12(11)15-7-9-2-3-9/h4-6,8-9H,2-3,7,14H2,1H3. The van der Waals surface area contributed by atoms with Crippen molar-refractivity contribution in [3.8, 4) is 5.75 Å². The van der Waals surface area contributed by atoms with Gasteiger partial charge in [-0.05, 0) is 43.9 Å². The van der Waals surface area contributed by atoms with Gasteiger partial charge in [0.15, 0.2) is 0 Å². The quantitative estimate of drug-likeness (QED) is 0.911. The molecule has 3 heteroatoms. The van der Waals surface area contributed by atoms with Gasteiger partial charge in [-0.15, -0.1) is 0 Å². The van der Waals surface area contributed by atoms with Crippen molar-refractivity contribution in [1.82, 2.24) is 0 Å². The largest absolute Gasteiger partial charge is 0.493 e. The Morgan fingerprint density at radius 2 is 2.27 bits per heavy atom. The maximum atomic E-state index is 5.90. The van der Waals surface area contributed by atoms with Gasteiger partial charge in [0.05, 0.1) is 6.61 Å². The average molecular weight is 270 g/mol. The summed E-state index contributed by atoms with van der Waals surface area (Å²) in [4.78, 5) is 0. The number of halogens is 1. The topological polar surface area (TPSA) is 35.2 Å². The number of nitrogens with two attached hydrogens (primary N) is 1. The van der Waals surface area contributed by atoms with E-state index in [4.69, 9.17) is 10.5 Å². The van der Waals surface area contributed by atoms with E-state index in [-0.39, 0.29) is 6.04 Å². The third-order valence-corrected chi connectivity index (χ3v) is 3.13. The number of ether oxygens (including phenoxy) is 1. The van der Waals surface area contributed by atoms with Crippen molar-refractivity contribution in [1.29, 1.82) is 0 Å². The molecule has 0 aromatic heterocycles. The number of hydrogen-bond donors (Lipinski definition) is 1. The molecule has 1 aliphatic rings. The highest BCUT2D eigenvalue weighted by Crippen LogP contribution is 2.32. The van der Waals surface area contributed by atoms with Crippen molar-refractivity contribution in [3.05, 3.63) is 28.2 Å². The van der Waals surface area contributed by atoms with Crippen LogP contribution in [-0.2, 0) is 0 Å². The lowest BCUT2D eigenvalue weighted by Crippen LogP contribution is -2.09.